The van der Waals surface area contributed by atoms with Gasteiger partial charge in [0.05, 0.1) is 0 Å². The third-order valence-corrected chi connectivity index (χ3v) is 3.75. The van der Waals surface area contributed by atoms with Crippen molar-refractivity contribution < 1.29 is 9.90 Å². The Labute approximate surface area is 142 Å². The van der Waals surface area contributed by atoms with Crippen LogP contribution in [-0.2, 0) is 4.79 Å². The first-order valence-corrected chi connectivity index (χ1v) is 7.35. The standard InChI is InChI=1S/C14H21NO2S.Na.H/c1-4-18-10-9-15(12(3)14(16)17)13-7-5-11(2)6-8-13;;/h5-8,12H,4,9-10H2,1-3H3,(H,16,17);;. The molecule has 1 rings (SSSR count). The van der Waals surface area contributed by atoms with E-state index in [2.05, 4.69) is 6.92 Å². The average molecular weight is 291 g/mol. The maximum absolute atomic E-state index is 11.2. The summed E-state index contributed by atoms with van der Waals surface area (Å²) in [5.41, 5.74) is 2.16. The zero-order chi connectivity index (χ0) is 13.5. The monoisotopic (exact) mass is 291 g/mol. The summed E-state index contributed by atoms with van der Waals surface area (Å²) in [6.45, 7) is 6.64. The van der Waals surface area contributed by atoms with Crippen molar-refractivity contribution in [2.75, 3.05) is 23.0 Å². The third kappa shape index (κ3) is 6.21. The number of rotatable bonds is 7. The molecule has 0 heterocycles. The van der Waals surface area contributed by atoms with Crippen molar-refractivity contribution in [1.29, 1.82) is 0 Å². The van der Waals surface area contributed by atoms with Crippen molar-refractivity contribution in [3.8, 4) is 0 Å². The molecule has 102 valence electrons. The van der Waals surface area contributed by atoms with Crippen molar-refractivity contribution >= 4 is 53.0 Å². The van der Waals surface area contributed by atoms with E-state index in [1.54, 1.807) is 6.92 Å². The fourth-order valence-corrected chi connectivity index (χ4v) is 2.34. The van der Waals surface area contributed by atoms with Crippen LogP contribution in [0.1, 0.15) is 19.4 Å². The summed E-state index contributed by atoms with van der Waals surface area (Å²) < 4.78 is 0. The molecule has 0 aliphatic carbocycles. The van der Waals surface area contributed by atoms with Gasteiger partial charge in [-0.05, 0) is 31.7 Å². The Bertz CT molecular complexity index is 384. The Morgan fingerprint density at radius 3 is 2.42 bits per heavy atom. The molecule has 0 spiro atoms. The van der Waals surface area contributed by atoms with Gasteiger partial charge in [0.25, 0.3) is 0 Å². The Morgan fingerprint density at radius 2 is 1.95 bits per heavy atom. The number of carbonyl (C=O) groups is 1. The van der Waals surface area contributed by atoms with Gasteiger partial charge in [-0.2, -0.15) is 11.8 Å². The molecule has 0 radical (unpaired) electrons. The van der Waals surface area contributed by atoms with E-state index < -0.39 is 12.0 Å². The number of aliphatic carboxylic acids is 1. The molecule has 0 bridgehead atoms. The number of nitrogens with zero attached hydrogens (tertiary/aromatic N) is 1. The molecular formula is C14H22NNaO2S. The van der Waals surface area contributed by atoms with Crippen molar-refractivity contribution in [2.45, 2.75) is 26.8 Å². The first-order chi connectivity index (χ1) is 8.56. The third-order valence-electron chi connectivity index (χ3n) is 2.87. The molecule has 1 N–H and O–H groups in total. The number of carboxylic acids is 1. The molecule has 0 amide bonds. The number of benzene rings is 1. The first kappa shape index (κ1) is 18.8. The van der Waals surface area contributed by atoms with Gasteiger partial charge in [-0.3, -0.25) is 0 Å². The Balaban J connectivity index is 0.00000324. The van der Waals surface area contributed by atoms with Gasteiger partial charge in [-0.25, -0.2) is 4.79 Å². The Hall–Kier alpha value is -0.160. The van der Waals surface area contributed by atoms with Gasteiger partial charge >= 0.3 is 35.5 Å². The van der Waals surface area contributed by atoms with Gasteiger partial charge in [-0.1, -0.05) is 24.6 Å². The quantitative estimate of drug-likeness (QED) is 0.618. The number of carboxylic acid groups (broad SMARTS) is 1. The van der Waals surface area contributed by atoms with Crippen molar-refractivity contribution in [1.82, 2.24) is 0 Å². The van der Waals surface area contributed by atoms with Gasteiger partial charge in [0, 0.05) is 18.0 Å². The SMILES string of the molecule is CCSCCN(c1ccc(C)cc1)C(C)C(=O)O.[NaH]. The maximum atomic E-state index is 11.2. The van der Waals surface area contributed by atoms with Gasteiger partial charge in [-0.15, -0.1) is 0 Å². The van der Waals surface area contributed by atoms with Crippen molar-refractivity contribution in [2.24, 2.45) is 0 Å². The number of anilines is 1. The molecule has 1 aromatic rings. The molecule has 0 aliphatic rings. The topological polar surface area (TPSA) is 40.5 Å². The van der Waals surface area contributed by atoms with Gasteiger partial charge in [0.2, 0.25) is 0 Å². The van der Waals surface area contributed by atoms with Crippen LogP contribution in [0.15, 0.2) is 24.3 Å². The molecule has 0 aromatic heterocycles. The molecule has 0 saturated heterocycles. The van der Waals surface area contributed by atoms with E-state index in [1.165, 1.54) is 5.56 Å². The number of aryl methyl sites for hydroxylation is 1. The second kappa shape index (κ2) is 9.70. The van der Waals surface area contributed by atoms with Crippen LogP contribution in [0, 0.1) is 6.92 Å². The van der Waals surface area contributed by atoms with Crippen LogP contribution in [0.25, 0.3) is 0 Å². The summed E-state index contributed by atoms with van der Waals surface area (Å²) in [7, 11) is 0. The van der Waals surface area contributed by atoms with Gasteiger partial charge in [0.15, 0.2) is 0 Å². The zero-order valence-electron chi connectivity index (χ0n) is 11.2. The predicted octanol–water partition coefficient (Wildman–Crippen LogP) is 2.38. The van der Waals surface area contributed by atoms with E-state index in [9.17, 15) is 9.90 Å². The van der Waals surface area contributed by atoms with E-state index in [1.807, 2.05) is 47.9 Å². The summed E-state index contributed by atoms with van der Waals surface area (Å²) in [4.78, 5) is 13.1. The molecule has 0 saturated carbocycles. The molecule has 0 fully saturated rings. The number of hydrogen-bond donors (Lipinski definition) is 1. The summed E-state index contributed by atoms with van der Waals surface area (Å²) >= 11 is 1.83. The minimum atomic E-state index is -0.780. The van der Waals surface area contributed by atoms with Crippen LogP contribution in [0.3, 0.4) is 0 Å². The fraction of sp³-hybridized carbons (Fsp3) is 0.500. The summed E-state index contributed by atoms with van der Waals surface area (Å²) in [5.74, 6) is 1.22. The molecule has 3 nitrogen and oxygen atoms in total. The molecule has 5 heteroatoms. The second-order valence-electron chi connectivity index (χ2n) is 4.24. The van der Waals surface area contributed by atoms with Gasteiger partial charge < -0.3 is 10.0 Å². The van der Waals surface area contributed by atoms with Crippen LogP contribution in [0.5, 0.6) is 0 Å². The van der Waals surface area contributed by atoms with E-state index >= 15 is 0 Å². The zero-order valence-corrected chi connectivity index (χ0v) is 12.0. The van der Waals surface area contributed by atoms with E-state index in [4.69, 9.17) is 0 Å². The Morgan fingerprint density at radius 1 is 1.37 bits per heavy atom. The fourth-order valence-electron chi connectivity index (χ4n) is 1.72. The molecule has 1 unspecified atom stereocenters. The van der Waals surface area contributed by atoms with Crippen molar-refractivity contribution in [3.63, 3.8) is 0 Å². The predicted molar refractivity (Wildman–Crippen MR) is 85.8 cm³/mol. The summed E-state index contributed by atoms with van der Waals surface area (Å²) in [5, 5.41) is 9.18. The van der Waals surface area contributed by atoms with Crippen LogP contribution in [0.2, 0.25) is 0 Å². The molecule has 1 aromatic carbocycles. The van der Waals surface area contributed by atoms with E-state index in [0.29, 0.717) is 0 Å². The number of thioether (sulfide) groups is 1. The van der Waals surface area contributed by atoms with Crippen LogP contribution in [0.4, 0.5) is 5.69 Å². The van der Waals surface area contributed by atoms with Gasteiger partial charge in [0.1, 0.15) is 6.04 Å². The second-order valence-corrected chi connectivity index (χ2v) is 5.63. The average Bonchev–Trinajstić information content (AvgIpc) is 2.35. The molecule has 1 atom stereocenters. The Kier molecular flexibility index (Phi) is 9.62. The minimum absolute atomic E-state index is 0. The molecular weight excluding hydrogens is 269 g/mol. The van der Waals surface area contributed by atoms with E-state index in [0.717, 1.165) is 23.7 Å². The molecule has 19 heavy (non-hydrogen) atoms. The summed E-state index contributed by atoms with van der Waals surface area (Å²) in [6.07, 6.45) is 0. The van der Waals surface area contributed by atoms with Crippen LogP contribution in [-0.4, -0.2) is 64.7 Å². The van der Waals surface area contributed by atoms with Crippen LogP contribution < -0.4 is 4.90 Å². The molecule has 0 aliphatic heterocycles. The van der Waals surface area contributed by atoms with Crippen LogP contribution >= 0.6 is 11.8 Å². The van der Waals surface area contributed by atoms with Crippen molar-refractivity contribution in [3.05, 3.63) is 29.8 Å². The number of hydrogen-bond acceptors (Lipinski definition) is 3. The van der Waals surface area contributed by atoms with E-state index in [-0.39, 0.29) is 29.6 Å². The summed E-state index contributed by atoms with van der Waals surface area (Å²) in [6, 6.07) is 7.52. The first-order valence-electron chi connectivity index (χ1n) is 6.20. The normalized spacial score (nSPS) is 11.5.